The second kappa shape index (κ2) is 6.72. The van der Waals surface area contributed by atoms with Crippen LogP contribution in [0.2, 0.25) is 0 Å². The maximum Gasteiger partial charge on any atom is 0.303 e. The lowest BCUT2D eigenvalue weighted by Crippen LogP contribution is -2.33. The fourth-order valence-corrected chi connectivity index (χ4v) is 1.52. The van der Waals surface area contributed by atoms with E-state index >= 15 is 0 Å². The molecule has 104 valence electrons. The van der Waals surface area contributed by atoms with Gasteiger partial charge in [-0.15, -0.1) is 0 Å². The number of aromatic nitrogens is 1. The molecule has 6 heteroatoms. The summed E-state index contributed by atoms with van der Waals surface area (Å²) < 4.78 is 0. The van der Waals surface area contributed by atoms with E-state index in [-0.39, 0.29) is 18.4 Å². The Hall–Kier alpha value is -2.11. The van der Waals surface area contributed by atoms with Gasteiger partial charge >= 0.3 is 5.97 Å². The number of pyridine rings is 1. The van der Waals surface area contributed by atoms with E-state index in [2.05, 4.69) is 10.3 Å². The highest BCUT2D eigenvalue weighted by Crippen LogP contribution is 2.10. The van der Waals surface area contributed by atoms with Gasteiger partial charge in [-0.1, -0.05) is 0 Å². The zero-order chi connectivity index (χ0) is 14.4. The zero-order valence-corrected chi connectivity index (χ0v) is 11.4. The molecule has 0 saturated heterocycles. The number of amides is 1. The van der Waals surface area contributed by atoms with Gasteiger partial charge in [0.25, 0.3) is 5.91 Å². The molecule has 0 bridgehead atoms. The first-order valence-electron chi connectivity index (χ1n) is 6.06. The zero-order valence-electron chi connectivity index (χ0n) is 11.4. The quantitative estimate of drug-likeness (QED) is 0.805. The van der Waals surface area contributed by atoms with Crippen molar-refractivity contribution in [2.75, 3.05) is 19.0 Å². The van der Waals surface area contributed by atoms with E-state index in [1.807, 2.05) is 19.0 Å². The first kappa shape index (κ1) is 14.9. The van der Waals surface area contributed by atoms with Gasteiger partial charge in [0, 0.05) is 38.3 Å². The molecular formula is C13H19N3O3. The van der Waals surface area contributed by atoms with Crippen molar-refractivity contribution < 1.29 is 14.7 Å². The number of carboxylic acids is 1. The number of hydrogen-bond acceptors (Lipinski definition) is 4. The van der Waals surface area contributed by atoms with E-state index in [1.165, 1.54) is 0 Å². The molecule has 1 unspecified atom stereocenters. The molecule has 1 heterocycles. The minimum absolute atomic E-state index is 0.0424. The van der Waals surface area contributed by atoms with Crippen LogP contribution in [0, 0.1) is 0 Å². The van der Waals surface area contributed by atoms with Crippen LogP contribution < -0.4 is 10.2 Å². The Labute approximate surface area is 112 Å². The molecule has 1 atom stereocenters. The van der Waals surface area contributed by atoms with E-state index in [9.17, 15) is 9.59 Å². The molecule has 0 saturated carbocycles. The van der Waals surface area contributed by atoms with Gasteiger partial charge in [0.15, 0.2) is 0 Å². The van der Waals surface area contributed by atoms with E-state index in [0.29, 0.717) is 17.8 Å². The lowest BCUT2D eigenvalue weighted by molar-refractivity contribution is -0.137. The Balaban J connectivity index is 2.62. The largest absolute Gasteiger partial charge is 0.481 e. The molecule has 0 aromatic carbocycles. The first-order valence-corrected chi connectivity index (χ1v) is 6.06. The number of carbonyl (C=O) groups is 2. The van der Waals surface area contributed by atoms with Crippen LogP contribution in [0.25, 0.3) is 0 Å². The van der Waals surface area contributed by atoms with E-state index in [0.717, 1.165) is 0 Å². The average Bonchev–Trinajstić information content (AvgIpc) is 2.36. The van der Waals surface area contributed by atoms with Crippen molar-refractivity contribution in [1.29, 1.82) is 0 Å². The lowest BCUT2D eigenvalue weighted by Gasteiger charge is -2.15. The van der Waals surface area contributed by atoms with Crippen molar-refractivity contribution in [2.24, 2.45) is 0 Å². The molecule has 0 fully saturated rings. The second-order valence-electron chi connectivity index (χ2n) is 4.60. The molecule has 1 rings (SSSR count). The molecule has 6 nitrogen and oxygen atoms in total. The van der Waals surface area contributed by atoms with Crippen LogP contribution in [0.15, 0.2) is 18.3 Å². The number of hydrogen-bond donors (Lipinski definition) is 2. The first-order chi connectivity index (χ1) is 8.90. The van der Waals surface area contributed by atoms with Crippen molar-refractivity contribution in [1.82, 2.24) is 10.3 Å². The van der Waals surface area contributed by atoms with Crippen LogP contribution in [0.5, 0.6) is 0 Å². The summed E-state index contributed by atoms with van der Waals surface area (Å²) in [5, 5.41) is 11.4. The highest BCUT2D eigenvalue weighted by atomic mass is 16.4. The van der Waals surface area contributed by atoms with Crippen LogP contribution in [-0.4, -0.2) is 42.1 Å². The molecular weight excluding hydrogens is 246 g/mol. The maximum absolute atomic E-state index is 12.0. The van der Waals surface area contributed by atoms with Crippen LogP contribution in [0.1, 0.15) is 30.1 Å². The molecule has 0 aliphatic rings. The minimum atomic E-state index is -0.861. The molecule has 1 amide bonds. The summed E-state index contributed by atoms with van der Waals surface area (Å²) in [5.41, 5.74) is 0.515. The molecule has 0 radical (unpaired) electrons. The number of aliphatic carboxylic acids is 1. The van der Waals surface area contributed by atoms with E-state index in [4.69, 9.17) is 5.11 Å². The third-order valence-corrected chi connectivity index (χ3v) is 2.63. The molecule has 0 aliphatic heterocycles. The summed E-state index contributed by atoms with van der Waals surface area (Å²) in [6, 6.07) is 3.14. The average molecular weight is 265 g/mol. The monoisotopic (exact) mass is 265 g/mol. The van der Waals surface area contributed by atoms with Gasteiger partial charge in [-0.2, -0.15) is 0 Å². The van der Waals surface area contributed by atoms with E-state index in [1.54, 1.807) is 25.3 Å². The third kappa shape index (κ3) is 4.95. The number of carboxylic acid groups (broad SMARTS) is 1. The third-order valence-electron chi connectivity index (χ3n) is 2.63. The Kier molecular flexibility index (Phi) is 5.29. The van der Waals surface area contributed by atoms with Crippen LogP contribution >= 0.6 is 0 Å². The van der Waals surface area contributed by atoms with Crippen molar-refractivity contribution in [2.45, 2.75) is 25.8 Å². The second-order valence-corrected chi connectivity index (χ2v) is 4.60. The summed E-state index contributed by atoms with van der Waals surface area (Å²) >= 11 is 0. The number of rotatable bonds is 6. The Bertz CT molecular complexity index is 460. The predicted molar refractivity (Wildman–Crippen MR) is 72.4 cm³/mol. The fraction of sp³-hybridized carbons (Fsp3) is 0.462. The molecule has 0 spiro atoms. The minimum Gasteiger partial charge on any atom is -0.481 e. The Morgan fingerprint density at radius 3 is 2.74 bits per heavy atom. The topological polar surface area (TPSA) is 82.5 Å². The summed E-state index contributed by atoms with van der Waals surface area (Å²) in [6.07, 6.45) is 2.03. The molecule has 2 N–H and O–H groups in total. The molecule has 1 aromatic heterocycles. The van der Waals surface area contributed by atoms with Crippen molar-refractivity contribution in [3.05, 3.63) is 23.9 Å². The number of nitrogens with one attached hydrogen (secondary N) is 1. The number of anilines is 1. The standard InChI is InChI=1S/C13H19N3O3/c1-9(4-5-12(17)18)15-13(19)10-6-7-14-11(8-10)16(2)3/h6-9H,4-5H2,1-3H3,(H,15,19)(H,17,18). The van der Waals surface area contributed by atoms with Gasteiger partial charge in [0.05, 0.1) is 0 Å². The lowest BCUT2D eigenvalue weighted by atomic mass is 10.1. The van der Waals surface area contributed by atoms with Gasteiger partial charge in [-0.3, -0.25) is 9.59 Å². The Morgan fingerprint density at radius 2 is 2.16 bits per heavy atom. The van der Waals surface area contributed by atoms with Crippen LogP contribution in [0.3, 0.4) is 0 Å². The SMILES string of the molecule is CC(CCC(=O)O)NC(=O)c1ccnc(N(C)C)c1. The normalized spacial score (nSPS) is 11.7. The summed E-state index contributed by atoms with van der Waals surface area (Å²) in [6.45, 7) is 1.79. The van der Waals surface area contributed by atoms with Gasteiger partial charge in [0.2, 0.25) is 0 Å². The summed E-state index contributed by atoms with van der Waals surface area (Å²) in [7, 11) is 3.69. The predicted octanol–water partition coefficient (Wildman–Crippen LogP) is 1.13. The summed E-state index contributed by atoms with van der Waals surface area (Å²) in [4.78, 5) is 28.4. The highest BCUT2D eigenvalue weighted by molar-refractivity contribution is 5.95. The van der Waals surface area contributed by atoms with Crippen molar-refractivity contribution >= 4 is 17.7 Å². The molecule has 1 aromatic rings. The van der Waals surface area contributed by atoms with Gasteiger partial charge in [0.1, 0.15) is 5.82 Å². The molecule has 19 heavy (non-hydrogen) atoms. The van der Waals surface area contributed by atoms with Gasteiger partial charge in [-0.05, 0) is 25.5 Å². The van der Waals surface area contributed by atoms with Crippen LogP contribution in [0.4, 0.5) is 5.82 Å². The molecule has 0 aliphatic carbocycles. The van der Waals surface area contributed by atoms with Gasteiger partial charge in [-0.25, -0.2) is 4.98 Å². The van der Waals surface area contributed by atoms with Crippen molar-refractivity contribution in [3.63, 3.8) is 0 Å². The van der Waals surface area contributed by atoms with Crippen LogP contribution in [-0.2, 0) is 4.79 Å². The van der Waals surface area contributed by atoms with Crippen molar-refractivity contribution in [3.8, 4) is 0 Å². The maximum atomic E-state index is 12.0. The highest BCUT2D eigenvalue weighted by Gasteiger charge is 2.12. The number of carbonyl (C=O) groups excluding carboxylic acids is 1. The van der Waals surface area contributed by atoms with E-state index < -0.39 is 5.97 Å². The smallest absolute Gasteiger partial charge is 0.303 e. The Morgan fingerprint density at radius 1 is 1.47 bits per heavy atom. The fourth-order valence-electron chi connectivity index (χ4n) is 1.52. The number of nitrogens with zero attached hydrogens (tertiary/aromatic N) is 2. The summed E-state index contributed by atoms with van der Waals surface area (Å²) in [5.74, 6) is -0.380. The van der Waals surface area contributed by atoms with Gasteiger partial charge < -0.3 is 15.3 Å².